The zero-order valence-electron chi connectivity index (χ0n) is 11.9. The van der Waals surface area contributed by atoms with E-state index in [-0.39, 0.29) is 6.04 Å². The molecule has 4 heteroatoms. The normalized spacial score (nSPS) is 12.7. The molecule has 0 spiro atoms. The predicted molar refractivity (Wildman–Crippen MR) is 82.3 cm³/mol. The number of halogens is 1. The van der Waals surface area contributed by atoms with Crippen LogP contribution in [0.1, 0.15) is 35.5 Å². The van der Waals surface area contributed by atoms with Gasteiger partial charge in [-0.25, -0.2) is 4.98 Å². The van der Waals surface area contributed by atoms with Gasteiger partial charge in [-0.05, 0) is 37.1 Å². The Morgan fingerprint density at radius 3 is 2.42 bits per heavy atom. The van der Waals surface area contributed by atoms with Crippen molar-refractivity contribution in [3.8, 4) is 0 Å². The highest BCUT2D eigenvalue weighted by Crippen LogP contribution is 2.28. The van der Waals surface area contributed by atoms with Gasteiger partial charge in [-0.3, -0.25) is 0 Å². The molecule has 1 N–H and O–H groups in total. The third kappa shape index (κ3) is 2.90. The molecule has 2 aromatic rings. The molecule has 1 aromatic carbocycles. The van der Waals surface area contributed by atoms with Crippen LogP contribution in [0.5, 0.6) is 0 Å². The topological polar surface area (TPSA) is 29.9 Å². The van der Waals surface area contributed by atoms with Gasteiger partial charge in [0, 0.05) is 23.9 Å². The van der Waals surface area contributed by atoms with Crippen LogP contribution < -0.4 is 5.32 Å². The van der Waals surface area contributed by atoms with Crippen molar-refractivity contribution in [1.82, 2.24) is 14.9 Å². The molecule has 0 amide bonds. The molecule has 0 bridgehead atoms. The van der Waals surface area contributed by atoms with Crippen LogP contribution in [-0.4, -0.2) is 16.1 Å². The first-order valence-corrected chi connectivity index (χ1v) is 7.31. The Kier molecular flexibility index (Phi) is 4.42. The molecule has 102 valence electrons. The number of aromatic nitrogens is 2. The van der Waals surface area contributed by atoms with E-state index in [9.17, 15) is 0 Å². The average molecular weight is 322 g/mol. The van der Waals surface area contributed by atoms with Crippen LogP contribution in [0.4, 0.5) is 0 Å². The fraction of sp³-hybridized carbons (Fsp3) is 0.400. The number of nitrogens with one attached hydrogen (secondary N) is 1. The van der Waals surface area contributed by atoms with Crippen LogP contribution in [-0.2, 0) is 7.05 Å². The van der Waals surface area contributed by atoms with Crippen molar-refractivity contribution >= 4 is 15.9 Å². The molecule has 0 radical (unpaired) electrons. The van der Waals surface area contributed by atoms with Crippen LogP contribution in [0, 0.1) is 13.8 Å². The molecule has 3 nitrogen and oxygen atoms in total. The van der Waals surface area contributed by atoms with E-state index >= 15 is 0 Å². The molecule has 0 aliphatic rings. The Labute approximate surface area is 123 Å². The lowest BCUT2D eigenvalue weighted by Gasteiger charge is -2.20. The summed E-state index contributed by atoms with van der Waals surface area (Å²) in [5.74, 6) is 1.04. The van der Waals surface area contributed by atoms with Gasteiger partial charge in [0.2, 0.25) is 0 Å². The maximum absolute atomic E-state index is 4.48. The number of hydrogen-bond donors (Lipinski definition) is 1. The van der Waals surface area contributed by atoms with Crippen molar-refractivity contribution in [2.24, 2.45) is 7.05 Å². The minimum atomic E-state index is 0.135. The van der Waals surface area contributed by atoms with Gasteiger partial charge in [0.1, 0.15) is 5.82 Å². The summed E-state index contributed by atoms with van der Waals surface area (Å²) in [5.41, 5.74) is 3.77. The summed E-state index contributed by atoms with van der Waals surface area (Å²) < 4.78 is 3.26. The molecular formula is C15H20BrN3. The molecule has 1 aromatic heterocycles. The molecular weight excluding hydrogens is 302 g/mol. The zero-order valence-corrected chi connectivity index (χ0v) is 13.5. The Hall–Kier alpha value is -1.13. The van der Waals surface area contributed by atoms with E-state index < -0.39 is 0 Å². The minimum Gasteiger partial charge on any atom is -0.336 e. The molecule has 0 saturated carbocycles. The van der Waals surface area contributed by atoms with E-state index in [0.29, 0.717) is 0 Å². The third-order valence-corrected chi connectivity index (χ3v) is 4.57. The molecule has 0 saturated heterocycles. The summed E-state index contributed by atoms with van der Waals surface area (Å²) in [4.78, 5) is 4.48. The van der Waals surface area contributed by atoms with Crippen molar-refractivity contribution < 1.29 is 0 Å². The fourth-order valence-electron chi connectivity index (χ4n) is 2.36. The number of imidazole rings is 1. The predicted octanol–water partition coefficient (Wildman–Crippen LogP) is 3.50. The van der Waals surface area contributed by atoms with Crippen LogP contribution in [0.2, 0.25) is 0 Å². The second-order valence-corrected chi connectivity index (χ2v) is 5.65. The van der Waals surface area contributed by atoms with Gasteiger partial charge >= 0.3 is 0 Å². The van der Waals surface area contributed by atoms with Crippen molar-refractivity contribution in [3.63, 3.8) is 0 Å². The van der Waals surface area contributed by atoms with E-state index in [2.05, 4.69) is 63.7 Å². The largest absolute Gasteiger partial charge is 0.336 e. The van der Waals surface area contributed by atoms with Crippen LogP contribution in [0.3, 0.4) is 0 Å². The van der Waals surface area contributed by atoms with Crippen LogP contribution in [0.25, 0.3) is 0 Å². The van der Waals surface area contributed by atoms with Gasteiger partial charge in [0.25, 0.3) is 0 Å². The monoisotopic (exact) mass is 321 g/mol. The van der Waals surface area contributed by atoms with E-state index in [0.717, 1.165) is 12.4 Å². The van der Waals surface area contributed by atoms with Crippen molar-refractivity contribution in [1.29, 1.82) is 0 Å². The zero-order chi connectivity index (χ0) is 14.0. The quantitative estimate of drug-likeness (QED) is 0.934. The molecule has 2 rings (SSSR count). The number of nitrogens with zero attached hydrogens (tertiary/aromatic N) is 2. The Balaban J connectivity index is 2.48. The lowest BCUT2D eigenvalue weighted by Crippen LogP contribution is -2.25. The number of aryl methyl sites for hydroxylation is 3. The summed E-state index contributed by atoms with van der Waals surface area (Å²) in [6.45, 7) is 7.28. The van der Waals surface area contributed by atoms with Crippen LogP contribution >= 0.6 is 15.9 Å². The Bertz CT molecular complexity index is 552. The summed E-state index contributed by atoms with van der Waals surface area (Å²) in [5, 5.41) is 3.52. The van der Waals surface area contributed by atoms with Crippen molar-refractivity contribution in [2.45, 2.75) is 26.8 Å². The molecule has 0 fully saturated rings. The van der Waals surface area contributed by atoms with Crippen LogP contribution in [0.15, 0.2) is 29.0 Å². The summed E-state index contributed by atoms with van der Waals surface area (Å²) in [6, 6.07) is 4.58. The number of rotatable bonds is 4. The highest BCUT2D eigenvalue weighted by molar-refractivity contribution is 9.10. The van der Waals surface area contributed by atoms with Gasteiger partial charge < -0.3 is 9.88 Å². The Morgan fingerprint density at radius 2 is 1.95 bits per heavy atom. The maximum Gasteiger partial charge on any atom is 0.130 e. The van der Waals surface area contributed by atoms with Gasteiger partial charge in [-0.15, -0.1) is 0 Å². The van der Waals surface area contributed by atoms with E-state index in [1.807, 2.05) is 19.4 Å². The first-order valence-electron chi connectivity index (χ1n) is 6.51. The molecule has 19 heavy (non-hydrogen) atoms. The Morgan fingerprint density at radius 1 is 1.32 bits per heavy atom. The number of hydrogen-bond acceptors (Lipinski definition) is 2. The van der Waals surface area contributed by atoms with Gasteiger partial charge in [0.15, 0.2) is 0 Å². The molecule has 1 heterocycles. The minimum absolute atomic E-state index is 0.135. The highest BCUT2D eigenvalue weighted by atomic mass is 79.9. The van der Waals surface area contributed by atoms with E-state index in [1.54, 1.807) is 0 Å². The highest BCUT2D eigenvalue weighted by Gasteiger charge is 2.18. The third-order valence-electron chi connectivity index (χ3n) is 3.32. The average Bonchev–Trinajstić information content (AvgIpc) is 2.78. The van der Waals surface area contributed by atoms with Crippen molar-refractivity contribution in [3.05, 3.63) is 51.5 Å². The first-order chi connectivity index (χ1) is 9.04. The summed E-state index contributed by atoms with van der Waals surface area (Å²) in [7, 11) is 2.03. The summed E-state index contributed by atoms with van der Waals surface area (Å²) in [6.07, 6.45) is 3.83. The first kappa shape index (κ1) is 14.3. The van der Waals surface area contributed by atoms with Gasteiger partial charge in [-0.1, -0.05) is 35.0 Å². The van der Waals surface area contributed by atoms with Gasteiger partial charge in [-0.2, -0.15) is 0 Å². The van der Waals surface area contributed by atoms with E-state index in [4.69, 9.17) is 0 Å². The molecule has 0 aliphatic heterocycles. The number of benzene rings is 1. The SMILES string of the molecule is CCNC(c1cc(C)c(Br)c(C)c1)c1nccn1C. The second kappa shape index (κ2) is 5.88. The molecule has 0 aliphatic carbocycles. The van der Waals surface area contributed by atoms with Gasteiger partial charge in [0.05, 0.1) is 6.04 Å². The lowest BCUT2D eigenvalue weighted by atomic mass is 10.0. The molecule has 1 unspecified atom stereocenters. The lowest BCUT2D eigenvalue weighted by molar-refractivity contribution is 0.576. The van der Waals surface area contributed by atoms with Crippen molar-refractivity contribution in [2.75, 3.05) is 6.54 Å². The standard InChI is InChI=1S/C15H20BrN3/c1-5-17-14(15-18-6-7-19(15)4)12-8-10(2)13(16)11(3)9-12/h6-9,14,17H,5H2,1-4H3. The maximum atomic E-state index is 4.48. The van der Waals surface area contributed by atoms with E-state index in [1.165, 1.54) is 21.2 Å². The molecule has 1 atom stereocenters. The second-order valence-electron chi connectivity index (χ2n) is 4.86. The summed E-state index contributed by atoms with van der Waals surface area (Å²) >= 11 is 3.62. The smallest absolute Gasteiger partial charge is 0.130 e. The fourth-order valence-corrected chi connectivity index (χ4v) is 2.59.